The van der Waals surface area contributed by atoms with E-state index in [0.29, 0.717) is 24.5 Å². The number of nitriles is 1. The summed E-state index contributed by atoms with van der Waals surface area (Å²) in [7, 11) is 0. The number of rotatable bonds is 6. The minimum Gasteiger partial charge on any atom is -0.493 e. The van der Waals surface area contributed by atoms with Crippen molar-refractivity contribution in [3.05, 3.63) is 54.1 Å². The Morgan fingerprint density at radius 1 is 1.26 bits per heavy atom. The van der Waals surface area contributed by atoms with E-state index in [1.165, 1.54) is 0 Å². The third kappa shape index (κ3) is 4.09. The normalized spacial score (nSPS) is 16.2. The average Bonchev–Trinajstić information content (AvgIpc) is 2.69. The Hall–Kier alpha value is -3.33. The van der Waals surface area contributed by atoms with Gasteiger partial charge in [0.1, 0.15) is 11.5 Å². The van der Waals surface area contributed by atoms with E-state index in [1.807, 2.05) is 37.3 Å². The lowest BCUT2D eigenvalue weighted by Crippen LogP contribution is -2.37. The van der Waals surface area contributed by atoms with Crippen LogP contribution in [0.25, 0.3) is 0 Å². The fourth-order valence-electron chi connectivity index (χ4n) is 3.05. The highest BCUT2D eigenvalue weighted by Gasteiger charge is 2.35. The van der Waals surface area contributed by atoms with Crippen molar-refractivity contribution in [3.63, 3.8) is 0 Å². The van der Waals surface area contributed by atoms with Crippen LogP contribution in [0.2, 0.25) is 0 Å². The molecule has 0 aromatic heterocycles. The number of para-hydroxylation sites is 3. The number of ketones is 1. The molecule has 2 aromatic rings. The summed E-state index contributed by atoms with van der Waals surface area (Å²) in [5.74, 6) is -1.79. The smallest absolute Gasteiger partial charge is 0.249 e. The zero-order valence-electron chi connectivity index (χ0n) is 15.0. The molecule has 1 amide bonds. The third-order valence-corrected chi connectivity index (χ3v) is 4.40. The van der Waals surface area contributed by atoms with E-state index in [0.717, 1.165) is 11.3 Å². The van der Waals surface area contributed by atoms with Gasteiger partial charge in [0.2, 0.25) is 5.91 Å². The molecular formula is C21H20N2O4. The first-order valence-electron chi connectivity index (χ1n) is 8.80. The molecule has 0 saturated heterocycles. The van der Waals surface area contributed by atoms with Crippen LogP contribution in [0.3, 0.4) is 0 Å². The molecule has 3 rings (SSSR count). The van der Waals surface area contributed by atoms with Gasteiger partial charge in [0.05, 0.1) is 30.9 Å². The lowest BCUT2D eigenvalue weighted by Gasteiger charge is -2.25. The number of ether oxygens (including phenoxy) is 2. The molecule has 27 heavy (non-hydrogen) atoms. The van der Waals surface area contributed by atoms with Gasteiger partial charge in [-0.05, 0) is 37.1 Å². The predicted octanol–water partition coefficient (Wildman–Crippen LogP) is 2.98. The molecule has 0 bridgehead atoms. The van der Waals surface area contributed by atoms with Gasteiger partial charge < -0.3 is 14.8 Å². The van der Waals surface area contributed by atoms with E-state index in [9.17, 15) is 14.9 Å². The maximum absolute atomic E-state index is 12.8. The highest BCUT2D eigenvalue weighted by molar-refractivity contribution is 6.10. The second-order valence-corrected chi connectivity index (χ2v) is 6.20. The number of nitrogens with zero attached hydrogens (tertiary/aromatic N) is 1. The lowest BCUT2D eigenvalue weighted by atomic mass is 9.87. The zero-order valence-corrected chi connectivity index (χ0v) is 15.0. The van der Waals surface area contributed by atoms with Crippen molar-refractivity contribution in [2.75, 3.05) is 18.5 Å². The van der Waals surface area contributed by atoms with Crippen molar-refractivity contribution in [2.45, 2.75) is 13.3 Å². The number of Topliss-reactive ketones (excluding diaryl/α,β-unsaturated/α-hetero) is 1. The molecule has 0 aliphatic carbocycles. The summed E-state index contributed by atoms with van der Waals surface area (Å²) in [6, 6.07) is 16.2. The standard InChI is InChI=1S/C21H20N2O4/c1-2-26-19-10-6-4-8-17(19)23-21(25)16(12-22)20(24)15-11-14-7-3-5-9-18(14)27-13-15/h3-10,15-16H,2,11,13H2,1H3,(H,23,25). The first-order chi connectivity index (χ1) is 13.1. The number of anilines is 1. The van der Waals surface area contributed by atoms with Crippen molar-refractivity contribution in [3.8, 4) is 17.6 Å². The second-order valence-electron chi connectivity index (χ2n) is 6.20. The monoisotopic (exact) mass is 364 g/mol. The van der Waals surface area contributed by atoms with Gasteiger partial charge in [0.15, 0.2) is 11.7 Å². The summed E-state index contributed by atoms with van der Waals surface area (Å²) >= 11 is 0. The Labute approximate surface area is 157 Å². The molecule has 1 aliphatic heterocycles. The fraction of sp³-hybridized carbons (Fsp3) is 0.286. The third-order valence-electron chi connectivity index (χ3n) is 4.40. The van der Waals surface area contributed by atoms with Crippen molar-refractivity contribution in [2.24, 2.45) is 11.8 Å². The second kappa shape index (κ2) is 8.37. The Morgan fingerprint density at radius 2 is 2.00 bits per heavy atom. The Morgan fingerprint density at radius 3 is 2.78 bits per heavy atom. The van der Waals surface area contributed by atoms with Crippen LogP contribution in [0.4, 0.5) is 5.69 Å². The van der Waals surface area contributed by atoms with Gasteiger partial charge in [0, 0.05) is 0 Å². The molecule has 0 spiro atoms. The van der Waals surface area contributed by atoms with Gasteiger partial charge in [-0.1, -0.05) is 30.3 Å². The summed E-state index contributed by atoms with van der Waals surface area (Å²) in [5.41, 5.74) is 1.34. The Kier molecular flexibility index (Phi) is 5.72. The highest BCUT2D eigenvalue weighted by Crippen LogP contribution is 2.29. The van der Waals surface area contributed by atoms with Gasteiger partial charge >= 0.3 is 0 Å². The maximum Gasteiger partial charge on any atom is 0.249 e. The summed E-state index contributed by atoms with van der Waals surface area (Å²) in [5, 5.41) is 12.1. The molecule has 0 radical (unpaired) electrons. The Bertz CT molecular complexity index is 888. The first-order valence-corrected chi connectivity index (χ1v) is 8.80. The molecule has 1 heterocycles. The first kappa shape index (κ1) is 18.5. The van der Waals surface area contributed by atoms with Crippen LogP contribution in [0.5, 0.6) is 11.5 Å². The molecular weight excluding hydrogens is 344 g/mol. The molecule has 6 nitrogen and oxygen atoms in total. The van der Waals surface area contributed by atoms with Gasteiger partial charge in [-0.25, -0.2) is 0 Å². The molecule has 0 saturated carbocycles. The maximum atomic E-state index is 12.8. The van der Waals surface area contributed by atoms with E-state index in [2.05, 4.69) is 5.32 Å². The van der Waals surface area contributed by atoms with Gasteiger partial charge in [0.25, 0.3) is 0 Å². The lowest BCUT2D eigenvalue weighted by molar-refractivity contribution is -0.132. The summed E-state index contributed by atoms with van der Waals surface area (Å²) in [4.78, 5) is 25.4. The van der Waals surface area contributed by atoms with Crippen LogP contribution >= 0.6 is 0 Å². The van der Waals surface area contributed by atoms with Crippen molar-refractivity contribution in [1.82, 2.24) is 0 Å². The van der Waals surface area contributed by atoms with E-state index >= 15 is 0 Å². The van der Waals surface area contributed by atoms with E-state index in [4.69, 9.17) is 9.47 Å². The van der Waals surface area contributed by atoms with Crippen LogP contribution in [-0.2, 0) is 16.0 Å². The summed E-state index contributed by atoms with van der Waals surface area (Å²) in [6.07, 6.45) is 0.454. The number of carbonyl (C=O) groups excluding carboxylic acids is 2. The van der Waals surface area contributed by atoms with Crippen LogP contribution in [0, 0.1) is 23.2 Å². The summed E-state index contributed by atoms with van der Waals surface area (Å²) in [6.45, 7) is 2.43. The molecule has 2 aromatic carbocycles. The van der Waals surface area contributed by atoms with Crippen molar-refractivity contribution < 1.29 is 19.1 Å². The van der Waals surface area contributed by atoms with Crippen molar-refractivity contribution >= 4 is 17.4 Å². The van der Waals surface area contributed by atoms with Crippen LogP contribution in [-0.4, -0.2) is 24.9 Å². The van der Waals surface area contributed by atoms with E-state index in [1.54, 1.807) is 24.3 Å². The number of benzene rings is 2. The molecule has 1 aliphatic rings. The molecule has 2 unspecified atom stereocenters. The van der Waals surface area contributed by atoms with Crippen molar-refractivity contribution in [1.29, 1.82) is 5.26 Å². The minimum atomic E-state index is -1.40. The van der Waals surface area contributed by atoms with Crippen LogP contribution < -0.4 is 14.8 Å². The number of hydrogen-bond donors (Lipinski definition) is 1. The number of fused-ring (bicyclic) bond motifs is 1. The molecule has 138 valence electrons. The van der Waals surface area contributed by atoms with Gasteiger partial charge in [-0.3, -0.25) is 9.59 Å². The highest BCUT2D eigenvalue weighted by atomic mass is 16.5. The van der Waals surface area contributed by atoms with Gasteiger partial charge in [-0.2, -0.15) is 5.26 Å². The molecule has 2 atom stereocenters. The van der Waals surface area contributed by atoms with Crippen LogP contribution in [0.15, 0.2) is 48.5 Å². The Balaban J connectivity index is 1.72. The van der Waals surface area contributed by atoms with E-state index < -0.39 is 23.5 Å². The quantitative estimate of drug-likeness (QED) is 0.796. The largest absolute Gasteiger partial charge is 0.493 e. The SMILES string of the molecule is CCOc1ccccc1NC(=O)C(C#N)C(=O)C1COc2ccccc2C1. The summed E-state index contributed by atoms with van der Waals surface area (Å²) < 4.78 is 11.1. The molecule has 1 N–H and O–H groups in total. The van der Waals surface area contributed by atoms with Gasteiger partial charge in [-0.15, -0.1) is 0 Å². The number of carbonyl (C=O) groups is 2. The molecule has 6 heteroatoms. The fourth-order valence-corrected chi connectivity index (χ4v) is 3.05. The number of amides is 1. The molecule has 0 fully saturated rings. The zero-order chi connectivity index (χ0) is 19.2. The minimum absolute atomic E-state index is 0.164. The predicted molar refractivity (Wildman–Crippen MR) is 99.5 cm³/mol. The topological polar surface area (TPSA) is 88.4 Å². The average molecular weight is 364 g/mol. The number of nitrogens with one attached hydrogen (secondary N) is 1. The van der Waals surface area contributed by atoms with Crippen LogP contribution in [0.1, 0.15) is 12.5 Å². The number of hydrogen-bond acceptors (Lipinski definition) is 5. The van der Waals surface area contributed by atoms with E-state index in [-0.39, 0.29) is 6.61 Å².